The minimum atomic E-state index is -0.954. The Morgan fingerprint density at radius 2 is 1.94 bits per heavy atom. The highest BCUT2D eigenvalue weighted by Crippen LogP contribution is 2.36. The standard InChI is InChI=1S/C26H29ClN6O3/c1-33(2)17-13-18(14-17)36-21-8-7-16(12-22(21)35-3)29-26-28-10-9-23(31-26)30-20-11-15-5-4-6-19(27)24(15)32-25(20)34/h4-12,17-18,25,32,34H,13-14H2,1-3H3,(H2,28,29,30,31). The highest BCUT2D eigenvalue weighted by molar-refractivity contribution is 6.33. The fourth-order valence-corrected chi connectivity index (χ4v) is 4.46. The third-order valence-corrected chi connectivity index (χ3v) is 6.69. The van der Waals surface area contributed by atoms with E-state index in [1.807, 2.05) is 36.4 Å². The smallest absolute Gasteiger partial charge is 0.229 e. The first kappa shape index (κ1) is 24.2. The summed E-state index contributed by atoms with van der Waals surface area (Å²) in [4.78, 5) is 11.1. The predicted octanol–water partition coefficient (Wildman–Crippen LogP) is 4.55. The quantitative estimate of drug-likeness (QED) is 0.349. The van der Waals surface area contributed by atoms with Crippen LogP contribution in [-0.2, 0) is 0 Å². The van der Waals surface area contributed by atoms with Crippen molar-refractivity contribution in [3.8, 4) is 11.5 Å². The molecule has 3 aromatic rings. The van der Waals surface area contributed by atoms with Gasteiger partial charge in [-0.3, -0.25) is 0 Å². The van der Waals surface area contributed by atoms with Crippen molar-refractivity contribution in [1.29, 1.82) is 0 Å². The molecule has 4 N–H and O–H groups in total. The molecule has 1 saturated carbocycles. The summed E-state index contributed by atoms with van der Waals surface area (Å²) < 4.78 is 11.7. The Balaban J connectivity index is 1.27. The first-order chi connectivity index (χ1) is 17.4. The van der Waals surface area contributed by atoms with Crippen LogP contribution in [0.25, 0.3) is 6.08 Å². The summed E-state index contributed by atoms with van der Waals surface area (Å²) in [5.74, 6) is 2.28. The lowest BCUT2D eigenvalue weighted by Gasteiger charge is -2.39. The van der Waals surface area contributed by atoms with Crippen LogP contribution < -0.4 is 25.4 Å². The van der Waals surface area contributed by atoms with Crippen LogP contribution in [0.1, 0.15) is 18.4 Å². The number of halogens is 1. The average molecular weight is 509 g/mol. The van der Waals surface area contributed by atoms with Crippen LogP contribution in [0.5, 0.6) is 11.5 Å². The van der Waals surface area contributed by atoms with Gasteiger partial charge in [0.2, 0.25) is 5.95 Å². The summed E-state index contributed by atoms with van der Waals surface area (Å²) in [6.45, 7) is 0. The Morgan fingerprint density at radius 3 is 2.72 bits per heavy atom. The Labute approximate surface area is 215 Å². The number of ether oxygens (including phenoxy) is 2. The number of aromatic nitrogens is 2. The van der Waals surface area contributed by atoms with Gasteiger partial charge in [0.25, 0.3) is 0 Å². The van der Waals surface area contributed by atoms with E-state index in [1.54, 1.807) is 25.4 Å². The highest BCUT2D eigenvalue weighted by atomic mass is 35.5. The topological polar surface area (TPSA) is 104 Å². The van der Waals surface area contributed by atoms with E-state index in [0.29, 0.717) is 45.7 Å². The molecule has 9 nitrogen and oxygen atoms in total. The third-order valence-electron chi connectivity index (χ3n) is 6.37. The number of nitrogens with zero attached hydrogens (tertiary/aromatic N) is 3. The Morgan fingerprint density at radius 1 is 1.11 bits per heavy atom. The number of para-hydroxylation sites is 1. The number of aliphatic hydroxyl groups excluding tert-OH is 1. The number of hydrogen-bond donors (Lipinski definition) is 4. The van der Waals surface area contributed by atoms with Gasteiger partial charge in [0.1, 0.15) is 11.9 Å². The Bertz CT molecular complexity index is 1280. The van der Waals surface area contributed by atoms with E-state index in [-0.39, 0.29) is 6.10 Å². The third kappa shape index (κ3) is 5.18. The van der Waals surface area contributed by atoms with Crippen LogP contribution in [-0.4, -0.2) is 59.6 Å². The molecular formula is C26H29ClN6O3. The van der Waals surface area contributed by atoms with Gasteiger partial charge in [-0.05, 0) is 57.3 Å². The van der Waals surface area contributed by atoms with E-state index in [2.05, 4.69) is 44.9 Å². The lowest BCUT2D eigenvalue weighted by molar-refractivity contribution is 0.0383. The SMILES string of the molecule is COc1cc(Nc2nccc(NC3=Cc4cccc(Cl)c4NC3O)n2)ccc1OC1CC(N(C)C)C1. The second-order valence-electron chi connectivity index (χ2n) is 9.06. The largest absolute Gasteiger partial charge is 0.493 e. The minimum Gasteiger partial charge on any atom is -0.493 e. The van der Waals surface area contributed by atoms with Crippen molar-refractivity contribution < 1.29 is 14.6 Å². The molecule has 1 atom stereocenters. The van der Waals surface area contributed by atoms with Crippen molar-refractivity contribution in [2.45, 2.75) is 31.2 Å². The van der Waals surface area contributed by atoms with Gasteiger partial charge < -0.3 is 35.4 Å². The zero-order valence-electron chi connectivity index (χ0n) is 20.3. The molecule has 0 radical (unpaired) electrons. The summed E-state index contributed by atoms with van der Waals surface area (Å²) in [6.07, 6.45) is 4.72. The van der Waals surface area contributed by atoms with Gasteiger partial charge in [0.15, 0.2) is 17.7 Å². The van der Waals surface area contributed by atoms with Crippen molar-refractivity contribution in [2.75, 3.05) is 37.2 Å². The molecule has 10 heteroatoms. The van der Waals surface area contributed by atoms with Crippen molar-refractivity contribution in [2.24, 2.45) is 0 Å². The number of methoxy groups -OCH3 is 1. The monoisotopic (exact) mass is 508 g/mol. The minimum absolute atomic E-state index is 0.193. The molecule has 1 aliphatic carbocycles. The van der Waals surface area contributed by atoms with Crippen LogP contribution in [0.15, 0.2) is 54.4 Å². The van der Waals surface area contributed by atoms with Gasteiger partial charge in [-0.1, -0.05) is 23.7 Å². The van der Waals surface area contributed by atoms with Gasteiger partial charge in [-0.25, -0.2) is 4.98 Å². The molecular weight excluding hydrogens is 480 g/mol. The number of hydrogen-bond acceptors (Lipinski definition) is 9. The zero-order valence-corrected chi connectivity index (χ0v) is 21.1. The summed E-state index contributed by atoms with van der Waals surface area (Å²) in [6, 6.07) is 13.5. The molecule has 0 saturated heterocycles. The fourth-order valence-electron chi connectivity index (χ4n) is 4.22. The normalized spacial score (nSPS) is 20.5. The second-order valence-corrected chi connectivity index (χ2v) is 9.47. The average Bonchev–Trinajstić information content (AvgIpc) is 2.83. The van der Waals surface area contributed by atoms with E-state index in [9.17, 15) is 5.11 Å². The number of benzene rings is 2. The summed E-state index contributed by atoms with van der Waals surface area (Å²) >= 11 is 6.23. The molecule has 5 rings (SSSR count). The van der Waals surface area contributed by atoms with Gasteiger partial charge in [0, 0.05) is 29.6 Å². The van der Waals surface area contributed by atoms with E-state index < -0.39 is 6.23 Å². The number of aliphatic hydroxyl groups is 1. The van der Waals surface area contributed by atoms with Crippen molar-refractivity contribution in [1.82, 2.24) is 14.9 Å². The highest BCUT2D eigenvalue weighted by Gasteiger charge is 2.32. The maximum atomic E-state index is 10.5. The van der Waals surface area contributed by atoms with Gasteiger partial charge in [-0.2, -0.15) is 4.98 Å². The molecule has 1 aliphatic heterocycles. The van der Waals surface area contributed by atoms with E-state index >= 15 is 0 Å². The van der Waals surface area contributed by atoms with Crippen molar-refractivity contribution in [3.05, 3.63) is 64.9 Å². The number of anilines is 4. The zero-order chi connectivity index (χ0) is 25.2. The molecule has 1 aromatic heterocycles. The maximum absolute atomic E-state index is 10.5. The fraction of sp³-hybridized carbons (Fsp3) is 0.308. The van der Waals surface area contributed by atoms with Crippen LogP contribution in [0.4, 0.5) is 23.1 Å². The van der Waals surface area contributed by atoms with Crippen molar-refractivity contribution >= 4 is 40.8 Å². The van der Waals surface area contributed by atoms with Gasteiger partial charge >= 0.3 is 0 Å². The van der Waals surface area contributed by atoms with E-state index in [4.69, 9.17) is 21.1 Å². The van der Waals surface area contributed by atoms with Gasteiger partial charge in [-0.15, -0.1) is 0 Å². The van der Waals surface area contributed by atoms with Crippen LogP contribution in [0.2, 0.25) is 5.02 Å². The molecule has 1 fully saturated rings. The number of rotatable bonds is 8. The van der Waals surface area contributed by atoms with Crippen LogP contribution in [0, 0.1) is 0 Å². The summed E-state index contributed by atoms with van der Waals surface area (Å²) in [7, 11) is 5.81. The number of nitrogens with one attached hydrogen (secondary N) is 3. The summed E-state index contributed by atoms with van der Waals surface area (Å²) in [5.41, 5.74) is 2.87. The molecule has 188 valence electrons. The van der Waals surface area contributed by atoms with E-state index in [1.165, 1.54) is 0 Å². The molecule has 0 bridgehead atoms. The summed E-state index contributed by atoms with van der Waals surface area (Å²) in [5, 5.41) is 20.4. The molecule has 36 heavy (non-hydrogen) atoms. The van der Waals surface area contributed by atoms with Crippen LogP contribution in [0.3, 0.4) is 0 Å². The molecule has 2 aliphatic rings. The number of fused-ring (bicyclic) bond motifs is 1. The maximum Gasteiger partial charge on any atom is 0.229 e. The first-order valence-electron chi connectivity index (χ1n) is 11.7. The Hall–Kier alpha value is -3.53. The lowest BCUT2D eigenvalue weighted by Crippen LogP contribution is -2.46. The lowest BCUT2D eigenvalue weighted by atomic mass is 9.88. The molecule has 0 amide bonds. The molecule has 1 unspecified atom stereocenters. The molecule has 0 spiro atoms. The van der Waals surface area contributed by atoms with Gasteiger partial charge in [0.05, 0.1) is 23.5 Å². The Kier molecular flexibility index (Phi) is 6.86. The first-order valence-corrected chi connectivity index (χ1v) is 12.1. The van der Waals surface area contributed by atoms with Crippen LogP contribution >= 0.6 is 11.6 Å². The van der Waals surface area contributed by atoms with E-state index in [0.717, 1.165) is 24.1 Å². The molecule has 2 aromatic carbocycles. The predicted molar refractivity (Wildman–Crippen MR) is 142 cm³/mol. The second kappa shape index (κ2) is 10.2. The van der Waals surface area contributed by atoms with Crippen molar-refractivity contribution in [3.63, 3.8) is 0 Å². The molecule has 2 heterocycles.